The summed E-state index contributed by atoms with van der Waals surface area (Å²) >= 11 is 0. The Bertz CT molecular complexity index is 516. The second kappa shape index (κ2) is 5.40. The number of halogens is 4. The summed E-state index contributed by atoms with van der Waals surface area (Å²) in [5, 5.41) is 3.07. The first-order valence-electron chi connectivity index (χ1n) is 6.18. The number of hydrogen-bond donors (Lipinski definition) is 1. The average Bonchev–Trinajstić information content (AvgIpc) is 2.37. The van der Waals surface area contributed by atoms with Crippen molar-refractivity contribution in [3.05, 3.63) is 35.1 Å². The standard InChI is InChI=1S/C13H14F4N2O/c1-8-7-18-2-3-19(8)12(20)9-4-10(13(15,16)17)6-11(14)5-9/h4-6,8,18H,2-3,7H2,1H3/t8-/m1/s1. The van der Waals surface area contributed by atoms with Gasteiger partial charge in [-0.25, -0.2) is 4.39 Å². The van der Waals surface area contributed by atoms with Gasteiger partial charge in [0.15, 0.2) is 0 Å². The van der Waals surface area contributed by atoms with Gasteiger partial charge in [-0.2, -0.15) is 13.2 Å². The minimum absolute atomic E-state index is 0.145. The molecule has 3 nitrogen and oxygen atoms in total. The summed E-state index contributed by atoms with van der Waals surface area (Å²) in [6.45, 7) is 3.30. The molecule has 0 aliphatic carbocycles. The largest absolute Gasteiger partial charge is 0.416 e. The monoisotopic (exact) mass is 290 g/mol. The fourth-order valence-electron chi connectivity index (χ4n) is 2.19. The third-order valence-corrected chi connectivity index (χ3v) is 3.23. The molecule has 1 aromatic carbocycles. The predicted octanol–water partition coefficient (Wildman–Crippen LogP) is 2.28. The smallest absolute Gasteiger partial charge is 0.333 e. The molecule has 0 radical (unpaired) electrons. The third-order valence-electron chi connectivity index (χ3n) is 3.23. The van der Waals surface area contributed by atoms with Crippen LogP contribution in [0.15, 0.2) is 18.2 Å². The number of nitrogens with one attached hydrogen (secondary N) is 1. The van der Waals surface area contributed by atoms with Crippen LogP contribution in [0.2, 0.25) is 0 Å². The average molecular weight is 290 g/mol. The highest BCUT2D eigenvalue weighted by molar-refractivity contribution is 5.94. The van der Waals surface area contributed by atoms with E-state index in [4.69, 9.17) is 0 Å². The van der Waals surface area contributed by atoms with E-state index in [1.807, 2.05) is 0 Å². The van der Waals surface area contributed by atoms with Gasteiger partial charge in [0, 0.05) is 31.2 Å². The van der Waals surface area contributed by atoms with E-state index >= 15 is 0 Å². The SMILES string of the molecule is C[C@@H]1CNCCN1C(=O)c1cc(F)cc(C(F)(F)F)c1. The number of rotatable bonds is 1. The molecule has 1 fully saturated rings. The molecular formula is C13H14F4N2O. The molecule has 0 spiro atoms. The second-order valence-electron chi connectivity index (χ2n) is 4.78. The van der Waals surface area contributed by atoms with Gasteiger partial charge < -0.3 is 10.2 Å². The van der Waals surface area contributed by atoms with Gasteiger partial charge in [-0.3, -0.25) is 4.79 Å². The van der Waals surface area contributed by atoms with Gasteiger partial charge in [-0.15, -0.1) is 0 Å². The van der Waals surface area contributed by atoms with Crippen LogP contribution in [-0.4, -0.2) is 36.5 Å². The zero-order chi connectivity index (χ0) is 14.9. The number of hydrogen-bond acceptors (Lipinski definition) is 2. The molecule has 0 saturated carbocycles. The van der Waals surface area contributed by atoms with E-state index in [1.54, 1.807) is 6.92 Å². The van der Waals surface area contributed by atoms with Crippen molar-refractivity contribution in [1.29, 1.82) is 0 Å². The maximum absolute atomic E-state index is 13.3. The summed E-state index contributed by atoms with van der Waals surface area (Å²) in [6.07, 6.45) is -4.67. The molecular weight excluding hydrogens is 276 g/mol. The Balaban J connectivity index is 2.32. The molecule has 1 aliphatic rings. The molecule has 1 N–H and O–H groups in total. The Labute approximate surface area is 113 Å². The molecule has 20 heavy (non-hydrogen) atoms. The van der Waals surface area contributed by atoms with Crippen molar-refractivity contribution < 1.29 is 22.4 Å². The summed E-state index contributed by atoms with van der Waals surface area (Å²) < 4.78 is 51.2. The number of alkyl halides is 3. The molecule has 110 valence electrons. The van der Waals surface area contributed by atoms with Gasteiger partial charge in [0.25, 0.3) is 5.91 Å². The highest BCUT2D eigenvalue weighted by Gasteiger charge is 2.33. The zero-order valence-electron chi connectivity index (χ0n) is 10.8. The normalized spacial score (nSPS) is 20.1. The van der Waals surface area contributed by atoms with E-state index in [-0.39, 0.29) is 11.6 Å². The summed E-state index contributed by atoms with van der Waals surface area (Å²) in [7, 11) is 0. The molecule has 1 atom stereocenters. The first-order chi connectivity index (χ1) is 9.29. The Morgan fingerprint density at radius 1 is 1.35 bits per heavy atom. The van der Waals surface area contributed by atoms with Crippen molar-refractivity contribution >= 4 is 5.91 Å². The quantitative estimate of drug-likeness (QED) is 0.805. The molecule has 1 heterocycles. The van der Waals surface area contributed by atoms with Crippen LogP contribution in [0.1, 0.15) is 22.8 Å². The number of nitrogens with zero attached hydrogens (tertiary/aromatic N) is 1. The van der Waals surface area contributed by atoms with Gasteiger partial charge in [0.1, 0.15) is 5.82 Å². The first kappa shape index (κ1) is 14.8. The minimum atomic E-state index is -4.67. The fraction of sp³-hybridized carbons (Fsp3) is 0.462. The van der Waals surface area contributed by atoms with Crippen LogP contribution in [0.3, 0.4) is 0 Å². The lowest BCUT2D eigenvalue weighted by Gasteiger charge is -2.34. The van der Waals surface area contributed by atoms with E-state index in [0.717, 1.165) is 6.07 Å². The van der Waals surface area contributed by atoms with Crippen LogP contribution in [0.5, 0.6) is 0 Å². The molecule has 0 unspecified atom stereocenters. The Morgan fingerprint density at radius 2 is 2.05 bits per heavy atom. The van der Waals surface area contributed by atoms with Gasteiger partial charge in [0.05, 0.1) is 5.56 Å². The summed E-state index contributed by atoms with van der Waals surface area (Å²) in [5.74, 6) is -1.64. The van der Waals surface area contributed by atoms with Crippen molar-refractivity contribution in [1.82, 2.24) is 10.2 Å². The number of carbonyl (C=O) groups excluding carboxylic acids is 1. The lowest BCUT2D eigenvalue weighted by Crippen LogP contribution is -2.52. The molecule has 0 bridgehead atoms. The van der Waals surface area contributed by atoms with Gasteiger partial charge >= 0.3 is 6.18 Å². The maximum Gasteiger partial charge on any atom is 0.416 e. The van der Waals surface area contributed by atoms with Crippen molar-refractivity contribution in [2.24, 2.45) is 0 Å². The van der Waals surface area contributed by atoms with Crippen LogP contribution in [-0.2, 0) is 6.18 Å². The molecule has 2 rings (SSSR count). The van der Waals surface area contributed by atoms with E-state index in [1.165, 1.54) is 4.90 Å². The van der Waals surface area contributed by atoms with Crippen molar-refractivity contribution in [3.8, 4) is 0 Å². The summed E-state index contributed by atoms with van der Waals surface area (Å²) in [6, 6.07) is 1.78. The lowest BCUT2D eigenvalue weighted by atomic mass is 10.1. The number of benzene rings is 1. The topological polar surface area (TPSA) is 32.3 Å². The van der Waals surface area contributed by atoms with Crippen LogP contribution in [0, 0.1) is 5.82 Å². The third kappa shape index (κ3) is 3.09. The molecule has 1 saturated heterocycles. The number of piperazine rings is 1. The fourth-order valence-corrected chi connectivity index (χ4v) is 2.19. The van der Waals surface area contributed by atoms with Crippen LogP contribution < -0.4 is 5.32 Å². The van der Waals surface area contributed by atoms with E-state index in [0.29, 0.717) is 31.8 Å². The van der Waals surface area contributed by atoms with E-state index in [9.17, 15) is 22.4 Å². The molecule has 1 amide bonds. The highest BCUT2D eigenvalue weighted by atomic mass is 19.4. The van der Waals surface area contributed by atoms with Crippen molar-refractivity contribution in [3.63, 3.8) is 0 Å². The van der Waals surface area contributed by atoms with Crippen molar-refractivity contribution in [2.75, 3.05) is 19.6 Å². The first-order valence-corrected chi connectivity index (χ1v) is 6.18. The van der Waals surface area contributed by atoms with E-state index in [2.05, 4.69) is 5.32 Å². The van der Waals surface area contributed by atoms with E-state index < -0.39 is 23.5 Å². The van der Waals surface area contributed by atoms with Crippen LogP contribution >= 0.6 is 0 Å². The highest BCUT2D eigenvalue weighted by Crippen LogP contribution is 2.30. The Kier molecular flexibility index (Phi) is 3.99. The second-order valence-corrected chi connectivity index (χ2v) is 4.78. The molecule has 1 aliphatic heterocycles. The Morgan fingerprint density at radius 3 is 2.65 bits per heavy atom. The van der Waals surface area contributed by atoms with Crippen molar-refractivity contribution in [2.45, 2.75) is 19.1 Å². The summed E-state index contributed by atoms with van der Waals surface area (Å²) in [4.78, 5) is 13.7. The number of carbonyl (C=O) groups is 1. The Hall–Kier alpha value is -1.63. The molecule has 7 heteroatoms. The molecule has 1 aromatic rings. The number of amides is 1. The van der Waals surface area contributed by atoms with Gasteiger partial charge in [-0.1, -0.05) is 0 Å². The maximum atomic E-state index is 13.3. The zero-order valence-corrected chi connectivity index (χ0v) is 10.8. The lowest BCUT2D eigenvalue weighted by molar-refractivity contribution is -0.137. The van der Waals surface area contributed by atoms with Crippen LogP contribution in [0.25, 0.3) is 0 Å². The molecule has 0 aromatic heterocycles. The van der Waals surface area contributed by atoms with Crippen LogP contribution in [0.4, 0.5) is 17.6 Å². The minimum Gasteiger partial charge on any atom is -0.333 e. The predicted molar refractivity (Wildman–Crippen MR) is 64.8 cm³/mol. The van der Waals surface area contributed by atoms with Gasteiger partial charge in [0.2, 0.25) is 0 Å². The van der Waals surface area contributed by atoms with Gasteiger partial charge in [-0.05, 0) is 25.1 Å². The summed E-state index contributed by atoms with van der Waals surface area (Å²) in [5.41, 5.74) is -1.42.